The molecule has 0 radical (unpaired) electrons. The van der Waals surface area contributed by atoms with Crippen LogP contribution in [-0.4, -0.2) is 51.9 Å². The number of rotatable bonds is 6. The van der Waals surface area contributed by atoms with E-state index in [1.54, 1.807) is 24.3 Å². The van der Waals surface area contributed by atoms with E-state index < -0.39 is 29.4 Å². The molecule has 12 heteroatoms. The summed E-state index contributed by atoms with van der Waals surface area (Å²) in [7, 11) is 0. The van der Waals surface area contributed by atoms with Crippen molar-refractivity contribution in [2.24, 2.45) is 0 Å². The van der Waals surface area contributed by atoms with E-state index in [4.69, 9.17) is 5.21 Å². The van der Waals surface area contributed by atoms with Crippen LogP contribution in [0.1, 0.15) is 5.56 Å². The van der Waals surface area contributed by atoms with Gasteiger partial charge in [0.25, 0.3) is 5.91 Å². The minimum atomic E-state index is -4.82. The van der Waals surface area contributed by atoms with E-state index in [1.165, 1.54) is 32.9 Å². The van der Waals surface area contributed by atoms with Crippen molar-refractivity contribution in [1.29, 1.82) is 0 Å². The third kappa shape index (κ3) is 6.01. The average Bonchev–Trinajstić information content (AvgIpc) is 2.76. The first-order chi connectivity index (χ1) is 15.2. The van der Waals surface area contributed by atoms with Gasteiger partial charge in [0.2, 0.25) is 5.91 Å². The smallest absolute Gasteiger partial charge is 0.573 e. The summed E-state index contributed by atoms with van der Waals surface area (Å²) in [6.45, 7) is 0.272. The van der Waals surface area contributed by atoms with E-state index in [0.29, 0.717) is 11.3 Å². The highest BCUT2D eigenvalue weighted by Crippen LogP contribution is 2.28. The predicted octanol–water partition coefficient (Wildman–Crippen LogP) is 2.48. The normalized spacial score (nSPS) is 16.3. The van der Waals surface area contributed by atoms with Crippen molar-refractivity contribution in [3.05, 3.63) is 60.2 Å². The molecular weight excluding hydrogens is 451 g/mol. The molecule has 0 aliphatic carbocycles. The standard InChI is InChI=1S/C20H18F3N3O5S/c21-20(22,23)31-15-6-8-16(9-7-15)32(30)25-11-12-26(19(28)13-25)17-4-2-1-3-14(17)5-10-18(27)24-29/h1-10,29H,11-13H2,(H,24,27)/b10-5+. The number of halogens is 3. The molecule has 1 aliphatic heterocycles. The Morgan fingerprint density at radius 3 is 2.47 bits per heavy atom. The topological polar surface area (TPSA) is 105 Å². The van der Waals surface area contributed by atoms with Crippen LogP contribution in [0.25, 0.3) is 6.08 Å². The van der Waals surface area contributed by atoms with Crippen LogP contribution in [0.2, 0.25) is 0 Å². The van der Waals surface area contributed by atoms with Gasteiger partial charge in [0.1, 0.15) is 12.3 Å². The minimum Gasteiger partial charge on any atom is -0.593 e. The Bertz CT molecular complexity index is 1000. The molecule has 1 fully saturated rings. The lowest BCUT2D eigenvalue weighted by Gasteiger charge is -2.34. The SMILES string of the molecule is O=C(/C=C/c1ccccc1N1CCN([S+]([O-])c2ccc(OC(F)(F)F)cc2)CC1=O)NO. The fourth-order valence-electron chi connectivity index (χ4n) is 3.03. The number of amides is 2. The van der Waals surface area contributed by atoms with Crippen LogP contribution in [0.5, 0.6) is 5.75 Å². The summed E-state index contributed by atoms with van der Waals surface area (Å²) in [5.74, 6) is -1.49. The molecule has 0 saturated carbocycles. The van der Waals surface area contributed by atoms with Gasteiger partial charge in [-0.2, -0.15) is 0 Å². The van der Waals surface area contributed by atoms with Gasteiger partial charge in [0, 0.05) is 12.6 Å². The minimum absolute atomic E-state index is 0.178. The van der Waals surface area contributed by atoms with Crippen LogP contribution in [-0.2, 0) is 21.0 Å². The largest absolute Gasteiger partial charge is 0.593 e. The maximum absolute atomic E-state index is 12.8. The molecule has 32 heavy (non-hydrogen) atoms. The summed E-state index contributed by atoms with van der Waals surface area (Å²) < 4.78 is 54.8. The van der Waals surface area contributed by atoms with Crippen LogP contribution >= 0.6 is 0 Å². The average molecular weight is 469 g/mol. The summed E-state index contributed by atoms with van der Waals surface area (Å²) >= 11 is -1.76. The Labute approximate surface area is 184 Å². The molecule has 2 N–H and O–H groups in total. The van der Waals surface area contributed by atoms with Gasteiger partial charge in [-0.1, -0.05) is 18.2 Å². The maximum atomic E-state index is 12.8. The molecule has 1 unspecified atom stereocenters. The number of hydrogen-bond acceptors (Lipinski definition) is 6. The Kier molecular flexibility index (Phi) is 7.40. The number of carbonyl (C=O) groups excluding carboxylic acids is 2. The monoisotopic (exact) mass is 469 g/mol. The second-order valence-electron chi connectivity index (χ2n) is 6.55. The zero-order valence-corrected chi connectivity index (χ0v) is 17.2. The lowest BCUT2D eigenvalue weighted by molar-refractivity contribution is -0.274. The van der Waals surface area contributed by atoms with Crippen molar-refractivity contribution >= 4 is 34.9 Å². The second-order valence-corrected chi connectivity index (χ2v) is 8.03. The molecule has 2 amide bonds. The second kappa shape index (κ2) is 10.0. The molecule has 8 nitrogen and oxygen atoms in total. The van der Waals surface area contributed by atoms with E-state index in [9.17, 15) is 27.3 Å². The first-order valence-corrected chi connectivity index (χ1v) is 10.3. The molecule has 1 aliphatic rings. The number of anilines is 1. The summed E-state index contributed by atoms with van der Waals surface area (Å²) in [4.78, 5) is 25.7. The lowest BCUT2D eigenvalue weighted by atomic mass is 10.1. The first kappa shape index (κ1) is 23.6. The number of alkyl halides is 3. The number of benzene rings is 2. The lowest BCUT2D eigenvalue weighted by Crippen LogP contribution is -2.52. The third-order valence-electron chi connectivity index (χ3n) is 4.43. The van der Waals surface area contributed by atoms with E-state index >= 15 is 0 Å². The van der Waals surface area contributed by atoms with Crippen LogP contribution in [0.3, 0.4) is 0 Å². The van der Waals surface area contributed by atoms with Crippen molar-refractivity contribution in [2.45, 2.75) is 11.3 Å². The first-order valence-electron chi connectivity index (χ1n) is 9.22. The Morgan fingerprint density at radius 2 is 1.84 bits per heavy atom. The van der Waals surface area contributed by atoms with Gasteiger partial charge < -0.3 is 14.2 Å². The number of nitrogens with one attached hydrogen (secondary N) is 1. The molecule has 0 spiro atoms. The van der Waals surface area contributed by atoms with Gasteiger partial charge >= 0.3 is 6.36 Å². The van der Waals surface area contributed by atoms with Crippen molar-refractivity contribution in [3.8, 4) is 5.75 Å². The van der Waals surface area contributed by atoms with Gasteiger partial charge in [-0.05, 0) is 42.0 Å². The number of hydroxylamine groups is 1. The number of nitrogens with zero attached hydrogens (tertiary/aromatic N) is 2. The van der Waals surface area contributed by atoms with E-state index in [1.807, 2.05) is 0 Å². The molecule has 170 valence electrons. The van der Waals surface area contributed by atoms with Crippen LogP contribution in [0.4, 0.5) is 18.9 Å². The van der Waals surface area contributed by atoms with Crippen molar-refractivity contribution in [2.75, 3.05) is 24.5 Å². The third-order valence-corrected chi connectivity index (χ3v) is 5.89. The van der Waals surface area contributed by atoms with Gasteiger partial charge in [0.05, 0.1) is 23.6 Å². The molecule has 2 aromatic rings. The van der Waals surface area contributed by atoms with Crippen molar-refractivity contribution < 1.29 is 37.3 Å². The molecular formula is C20H18F3N3O5S. The van der Waals surface area contributed by atoms with Crippen LogP contribution in [0.15, 0.2) is 59.5 Å². The highest BCUT2D eigenvalue weighted by Gasteiger charge is 2.34. The summed E-state index contributed by atoms with van der Waals surface area (Å²) in [6, 6.07) is 11.5. The highest BCUT2D eigenvalue weighted by atomic mass is 32.2. The number of carbonyl (C=O) groups is 2. The van der Waals surface area contributed by atoms with E-state index in [0.717, 1.165) is 18.2 Å². The number of piperazine rings is 1. The molecule has 3 rings (SSSR count). The highest BCUT2D eigenvalue weighted by molar-refractivity contribution is 7.89. The van der Waals surface area contributed by atoms with Gasteiger partial charge in [0.15, 0.2) is 4.90 Å². The molecule has 1 atom stereocenters. The molecule has 1 heterocycles. The fraction of sp³-hybridized carbons (Fsp3) is 0.200. The van der Waals surface area contributed by atoms with Crippen molar-refractivity contribution in [3.63, 3.8) is 0 Å². The summed E-state index contributed by atoms with van der Waals surface area (Å²) in [6.07, 6.45) is -2.26. The number of ether oxygens (including phenoxy) is 1. The van der Waals surface area contributed by atoms with Gasteiger partial charge in [-0.3, -0.25) is 14.8 Å². The van der Waals surface area contributed by atoms with Gasteiger partial charge in [-0.15, -0.1) is 17.5 Å². The zero-order valence-electron chi connectivity index (χ0n) is 16.4. The Balaban J connectivity index is 1.69. The molecule has 1 saturated heterocycles. The molecule has 0 aromatic heterocycles. The zero-order chi connectivity index (χ0) is 23.3. The maximum Gasteiger partial charge on any atom is 0.573 e. The van der Waals surface area contributed by atoms with E-state index in [-0.39, 0.29) is 30.4 Å². The number of para-hydroxylation sites is 1. The Hall–Kier alpha value is -3.06. The summed E-state index contributed by atoms with van der Waals surface area (Å²) in [5.41, 5.74) is 2.59. The summed E-state index contributed by atoms with van der Waals surface area (Å²) in [5, 5.41) is 8.61. The predicted molar refractivity (Wildman–Crippen MR) is 109 cm³/mol. The number of hydrogen-bond donors (Lipinski definition) is 2. The van der Waals surface area contributed by atoms with Gasteiger partial charge in [-0.25, -0.2) is 5.48 Å². The van der Waals surface area contributed by atoms with E-state index in [2.05, 4.69) is 4.74 Å². The molecule has 0 bridgehead atoms. The van der Waals surface area contributed by atoms with Crippen molar-refractivity contribution in [1.82, 2.24) is 9.79 Å². The Morgan fingerprint density at radius 1 is 1.16 bits per heavy atom. The molecule has 2 aromatic carbocycles. The fourth-order valence-corrected chi connectivity index (χ4v) is 4.17. The van der Waals surface area contributed by atoms with Crippen LogP contribution < -0.4 is 15.1 Å². The quantitative estimate of drug-likeness (QED) is 0.292. The van der Waals surface area contributed by atoms with Crippen LogP contribution in [0, 0.1) is 0 Å².